The van der Waals surface area contributed by atoms with Crippen molar-refractivity contribution < 1.29 is 14.3 Å². The highest BCUT2D eigenvalue weighted by molar-refractivity contribution is 9.13. The fourth-order valence-corrected chi connectivity index (χ4v) is 3.10. The van der Waals surface area contributed by atoms with E-state index in [1.54, 1.807) is 20.3 Å². The van der Waals surface area contributed by atoms with Gasteiger partial charge in [-0.15, -0.1) is 11.3 Å². The number of halogens is 2. The third kappa shape index (κ3) is 4.67. The van der Waals surface area contributed by atoms with E-state index in [0.29, 0.717) is 18.0 Å². The number of amides is 1. The van der Waals surface area contributed by atoms with Crippen LogP contribution >= 0.6 is 43.2 Å². The molecule has 4 nitrogen and oxygen atoms in total. The van der Waals surface area contributed by atoms with Crippen molar-refractivity contribution in [2.75, 3.05) is 27.4 Å². The predicted molar refractivity (Wildman–Crippen MR) is 74.7 cm³/mol. The number of carbonyl (C=O) groups is 1. The lowest BCUT2D eigenvalue weighted by Crippen LogP contribution is -2.35. The van der Waals surface area contributed by atoms with Gasteiger partial charge < -0.3 is 14.8 Å². The summed E-state index contributed by atoms with van der Waals surface area (Å²) in [4.78, 5) is 12.4. The van der Waals surface area contributed by atoms with E-state index in [1.165, 1.54) is 11.3 Å². The molecule has 1 aromatic heterocycles. The lowest BCUT2D eigenvalue weighted by atomic mass is 10.3. The molecule has 0 saturated heterocycles. The minimum Gasteiger partial charge on any atom is -0.382 e. The summed E-state index contributed by atoms with van der Waals surface area (Å²) in [5.41, 5.74) is 0. The molecule has 0 saturated carbocycles. The molecular weight excluding hydrogens is 374 g/mol. The number of hydrogen-bond acceptors (Lipinski definition) is 4. The molecule has 17 heavy (non-hydrogen) atoms. The summed E-state index contributed by atoms with van der Waals surface area (Å²) in [5, 5.41) is 2.80. The number of rotatable bonds is 6. The van der Waals surface area contributed by atoms with Crippen molar-refractivity contribution in [1.82, 2.24) is 5.32 Å². The quantitative estimate of drug-likeness (QED) is 0.817. The van der Waals surface area contributed by atoms with Crippen molar-refractivity contribution in [3.63, 3.8) is 0 Å². The fraction of sp³-hybridized carbons (Fsp3) is 0.500. The Kier molecular flexibility index (Phi) is 6.65. The van der Waals surface area contributed by atoms with Crippen LogP contribution in [-0.4, -0.2) is 39.4 Å². The highest BCUT2D eigenvalue weighted by Crippen LogP contribution is 2.32. The Hall–Kier alpha value is 0.0500. The Bertz CT molecular complexity index is 364. The first-order valence-corrected chi connectivity index (χ1v) is 7.23. The molecule has 1 unspecified atom stereocenters. The van der Waals surface area contributed by atoms with Gasteiger partial charge in [0.2, 0.25) is 0 Å². The smallest absolute Gasteiger partial charge is 0.261 e. The van der Waals surface area contributed by atoms with Gasteiger partial charge >= 0.3 is 0 Å². The lowest BCUT2D eigenvalue weighted by Gasteiger charge is -2.14. The van der Waals surface area contributed by atoms with Crippen LogP contribution in [0.4, 0.5) is 0 Å². The Morgan fingerprint density at radius 3 is 2.71 bits per heavy atom. The van der Waals surface area contributed by atoms with E-state index in [4.69, 9.17) is 9.47 Å². The van der Waals surface area contributed by atoms with Crippen molar-refractivity contribution in [3.8, 4) is 0 Å². The van der Waals surface area contributed by atoms with Gasteiger partial charge in [-0.05, 0) is 37.9 Å². The van der Waals surface area contributed by atoms with Gasteiger partial charge in [0.05, 0.1) is 21.4 Å². The molecule has 1 N–H and O–H groups in total. The first-order chi connectivity index (χ1) is 8.08. The van der Waals surface area contributed by atoms with E-state index in [-0.39, 0.29) is 12.0 Å². The average molecular weight is 387 g/mol. The third-order valence-corrected chi connectivity index (χ3v) is 5.30. The summed E-state index contributed by atoms with van der Waals surface area (Å²) >= 11 is 8.07. The van der Waals surface area contributed by atoms with Crippen molar-refractivity contribution in [2.45, 2.75) is 6.10 Å². The van der Waals surface area contributed by atoms with Crippen LogP contribution in [0.2, 0.25) is 0 Å². The second-order valence-electron chi connectivity index (χ2n) is 3.26. The van der Waals surface area contributed by atoms with E-state index in [0.717, 1.165) is 8.26 Å². The Morgan fingerprint density at radius 2 is 2.24 bits per heavy atom. The summed E-state index contributed by atoms with van der Waals surface area (Å²) in [5.74, 6) is -0.112. The zero-order valence-electron chi connectivity index (χ0n) is 9.46. The van der Waals surface area contributed by atoms with Gasteiger partial charge in [-0.2, -0.15) is 0 Å². The molecule has 7 heteroatoms. The maximum Gasteiger partial charge on any atom is 0.261 e. The minimum absolute atomic E-state index is 0.112. The van der Waals surface area contributed by atoms with Crippen LogP contribution in [0, 0.1) is 0 Å². The average Bonchev–Trinajstić information content (AvgIpc) is 2.64. The molecule has 1 rings (SSSR count). The summed E-state index contributed by atoms with van der Waals surface area (Å²) < 4.78 is 11.9. The summed E-state index contributed by atoms with van der Waals surface area (Å²) in [6.45, 7) is 0.880. The zero-order valence-corrected chi connectivity index (χ0v) is 13.4. The van der Waals surface area contributed by atoms with Crippen LogP contribution in [-0.2, 0) is 9.47 Å². The number of hydrogen-bond donors (Lipinski definition) is 1. The Morgan fingerprint density at radius 1 is 1.53 bits per heavy atom. The maximum atomic E-state index is 11.8. The van der Waals surface area contributed by atoms with Gasteiger partial charge in [0.15, 0.2) is 0 Å². The molecule has 0 aliphatic carbocycles. The largest absolute Gasteiger partial charge is 0.382 e. The molecular formula is C10H13Br2NO3S. The molecule has 0 aromatic carbocycles. The summed E-state index contributed by atoms with van der Waals surface area (Å²) in [6.07, 6.45) is -0.129. The number of thiophene rings is 1. The molecule has 0 aliphatic heterocycles. The van der Waals surface area contributed by atoms with Crippen molar-refractivity contribution in [3.05, 3.63) is 19.2 Å². The second kappa shape index (κ2) is 7.48. The summed E-state index contributed by atoms with van der Waals surface area (Å²) in [7, 11) is 3.19. The Balaban J connectivity index is 2.49. The van der Waals surface area contributed by atoms with Crippen LogP contribution in [0.5, 0.6) is 0 Å². The summed E-state index contributed by atoms with van der Waals surface area (Å²) in [6, 6.07) is 1.78. The van der Waals surface area contributed by atoms with Gasteiger partial charge in [-0.3, -0.25) is 4.79 Å². The molecule has 0 aliphatic rings. The SMILES string of the molecule is COCC(CNC(=O)c1cc(Br)c(Br)s1)OC. The molecule has 0 radical (unpaired) electrons. The van der Waals surface area contributed by atoms with Gasteiger partial charge in [0.1, 0.15) is 0 Å². The first kappa shape index (κ1) is 15.1. The van der Waals surface area contributed by atoms with Crippen molar-refractivity contribution in [1.29, 1.82) is 0 Å². The van der Waals surface area contributed by atoms with Gasteiger partial charge in [-0.25, -0.2) is 0 Å². The second-order valence-corrected chi connectivity index (χ2v) is 6.48. The highest BCUT2D eigenvalue weighted by Gasteiger charge is 2.14. The van der Waals surface area contributed by atoms with E-state index in [9.17, 15) is 4.79 Å². The number of methoxy groups -OCH3 is 2. The topological polar surface area (TPSA) is 47.6 Å². The van der Waals surface area contributed by atoms with Crippen LogP contribution in [0.1, 0.15) is 9.67 Å². The van der Waals surface area contributed by atoms with Crippen LogP contribution in [0.15, 0.2) is 14.3 Å². The minimum atomic E-state index is -0.129. The van der Waals surface area contributed by atoms with Crippen molar-refractivity contribution >= 4 is 49.1 Å². The molecule has 1 amide bonds. The van der Waals surface area contributed by atoms with Gasteiger partial charge in [-0.1, -0.05) is 0 Å². The van der Waals surface area contributed by atoms with Gasteiger partial charge in [0, 0.05) is 25.2 Å². The molecule has 0 spiro atoms. The van der Waals surface area contributed by atoms with E-state index >= 15 is 0 Å². The number of carbonyl (C=O) groups excluding carboxylic acids is 1. The first-order valence-electron chi connectivity index (χ1n) is 4.83. The molecule has 96 valence electrons. The fourth-order valence-electron chi connectivity index (χ4n) is 1.15. The normalized spacial score (nSPS) is 12.5. The molecule has 0 fully saturated rings. The zero-order chi connectivity index (χ0) is 12.8. The molecule has 1 heterocycles. The highest BCUT2D eigenvalue weighted by atomic mass is 79.9. The lowest BCUT2D eigenvalue weighted by molar-refractivity contribution is 0.0286. The van der Waals surface area contributed by atoms with E-state index in [2.05, 4.69) is 37.2 Å². The number of nitrogens with one attached hydrogen (secondary N) is 1. The molecule has 1 atom stereocenters. The van der Waals surface area contributed by atoms with E-state index in [1.807, 2.05) is 0 Å². The molecule has 1 aromatic rings. The Labute approximate surface area is 121 Å². The van der Waals surface area contributed by atoms with Crippen LogP contribution < -0.4 is 5.32 Å². The monoisotopic (exact) mass is 385 g/mol. The van der Waals surface area contributed by atoms with Crippen molar-refractivity contribution in [2.24, 2.45) is 0 Å². The number of ether oxygens (including phenoxy) is 2. The third-order valence-electron chi connectivity index (χ3n) is 2.05. The van der Waals surface area contributed by atoms with Crippen LogP contribution in [0.25, 0.3) is 0 Å². The predicted octanol–water partition coefficient (Wildman–Crippen LogP) is 2.66. The van der Waals surface area contributed by atoms with E-state index < -0.39 is 0 Å². The molecule has 0 bridgehead atoms. The van der Waals surface area contributed by atoms with Gasteiger partial charge in [0.25, 0.3) is 5.91 Å². The standard InChI is InChI=1S/C10H13Br2NO3S/c1-15-5-6(16-2)4-13-10(14)8-3-7(11)9(12)17-8/h3,6H,4-5H2,1-2H3,(H,13,14). The van der Waals surface area contributed by atoms with Crippen LogP contribution in [0.3, 0.4) is 0 Å². The maximum absolute atomic E-state index is 11.8.